The molecule has 8 heterocycles. The quantitative estimate of drug-likeness (QED) is 0.161. The fourth-order valence-corrected chi connectivity index (χ4v) is 17.7. The minimum Gasteiger partial charge on any atom is -0.455 e. The molecule has 12 aromatic carbocycles. The van der Waals surface area contributed by atoms with Gasteiger partial charge in [0.2, 0.25) is 22.8 Å². The van der Waals surface area contributed by atoms with Crippen LogP contribution in [0.2, 0.25) is 0 Å². The number of aromatic nitrogens is 4. The maximum atomic E-state index is 9.02. The van der Waals surface area contributed by atoms with E-state index >= 15 is 0 Å². The Morgan fingerprint density at radius 1 is 0.319 bits per heavy atom. The Balaban J connectivity index is 0.000000110. The lowest BCUT2D eigenvalue weighted by Crippen LogP contribution is -2.33. The van der Waals surface area contributed by atoms with Crippen LogP contribution in [0.15, 0.2) is 279 Å². The van der Waals surface area contributed by atoms with Gasteiger partial charge in [-0.15, -0.1) is 0 Å². The Hall–Kier alpha value is -12.5. The molecule has 8 nitrogen and oxygen atoms in total. The first-order chi connectivity index (χ1) is 57.5. The molecule has 0 aliphatic heterocycles. The van der Waals surface area contributed by atoms with Crippen LogP contribution in [0.5, 0.6) is 0 Å². The summed E-state index contributed by atoms with van der Waals surface area (Å²) in [5, 5.41) is 17.8. The topological polar surface area (TPSA) is 68.1 Å². The van der Waals surface area contributed by atoms with E-state index in [1.165, 1.54) is 82.8 Å². The zero-order chi connectivity index (χ0) is 83.8. The molecule has 0 unspecified atom stereocenters. The van der Waals surface area contributed by atoms with Crippen molar-refractivity contribution in [3.8, 4) is 45.0 Å². The average molecular weight is 1480 g/mol. The van der Waals surface area contributed by atoms with Crippen LogP contribution in [0.25, 0.3) is 176 Å². The molecule has 0 N–H and O–H groups in total. The number of fused-ring (bicyclic) bond motifs is 20. The van der Waals surface area contributed by atoms with Crippen LogP contribution in [-0.2, 0) is 33.6 Å². The van der Waals surface area contributed by atoms with Gasteiger partial charge in [-0.3, -0.25) is 0 Å². The molecular formula is C105H96N4O4+4. The Bertz CT molecular complexity index is 7550. The number of rotatable bonds is 5. The van der Waals surface area contributed by atoms with Gasteiger partial charge in [0.25, 0.3) is 0 Å². The third-order valence-corrected chi connectivity index (χ3v) is 23.6. The molecule has 0 saturated heterocycles. The van der Waals surface area contributed by atoms with E-state index in [4.69, 9.17) is 27.3 Å². The average Bonchev–Trinajstić information content (AvgIpc) is 1.57. The van der Waals surface area contributed by atoms with Crippen LogP contribution in [0, 0.1) is 48.3 Å². The van der Waals surface area contributed by atoms with Gasteiger partial charge in [0.15, 0.2) is 24.8 Å². The molecule has 0 bridgehead atoms. The van der Waals surface area contributed by atoms with Crippen molar-refractivity contribution >= 4 is 131 Å². The summed E-state index contributed by atoms with van der Waals surface area (Å²) < 4.78 is 91.0. The summed E-state index contributed by atoms with van der Waals surface area (Å²) in [5.74, 6) is -0.451. The zero-order valence-electron chi connectivity index (χ0n) is 73.3. The number of hydrogen-bond acceptors (Lipinski definition) is 4. The number of aryl methyl sites for hydroxylation is 11. The fraction of sp³-hybridized carbons (Fsp3) is 0.200. The van der Waals surface area contributed by atoms with Crippen LogP contribution in [-0.4, -0.2) is 0 Å². The van der Waals surface area contributed by atoms with Crippen LogP contribution in [0.1, 0.15) is 118 Å². The minimum absolute atomic E-state index is 0.121. The maximum Gasteiger partial charge on any atom is 0.216 e. The van der Waals surface area contributed by atoms with E-state index in [0.717, 1.165) is 148 Å². The Labute approximate surface area is 669 Å². The van der Waals surface area contributed by atoms with Crippen LogP contribution in [0.3, 0.4) is 0 Å². The molecule has 1 aliphatic rings. The predicted molar refractivity (Wildman–Crippen MR) is 469 cm³/mol. The first-order valence-corrected chi connectivity index (χ1v) is 39.4. The Morgan fingerprint density at radius 3 is 1.19 bits per heavy atom. The van der Waals surface area contributed by atoms with Gasteiger partial charge in [0.1, 0.15) is 72.9 Å². The van der Waals surface area contributed by atoms with Gasteiger partial charge in [-0.1, -0.05) is 204 Å². The van der Waals surface area contributed by atoms with Crippen molar-refractivity contribution in [3.63, 3.8) is 0 Å². The summed E-state index contributed by atoms with van der Waals surface area (Å²) in [6, 6.07) is 81.5. The lowest BCUT2D eigenvalue weighted by atomic mass is 9.84. The highest BCUT2D eigenvalue weighted by molar-refractivity contribution is 6.25. The summed E-state index contributed by atoms with van der Waals surface area (Å²) in [5.41, 5.74) is 23.7. The second-order valence-corrected chi connectivity index (χ2v) is 32.1. The van der Waals surface area contributed by atoms with Gasteiger partial charge >= 0.3 is 0 Å². The van der Waals surface area contributed by atoms with Crippen molar-refractivity contribution in [2.45, 2.75) is 113 Å². The maximum absolute atomic E-state index is 9.02. The summed E-state index contributed by atoms with van der Waals surface area (Å²) in [4.78, 5) is 0. The third-order valence-electron chi connectivity index (χ3n) is 23.6. The summed E-state index contributed by atoms with van der Waals surface area (Å²) in [6.07, 6.45) is 13.6. The molecule has 1 fully saturated rings. The molecule has 0 atom stereocenters. The Morgan fingerprint density at radius 2 is 0.726 bits per heavy atom. The highest BCUT2D eigenvalue weighted by Crippen LogP contribution is 2.46. The highest BCUT2D eigenvalue weighted by atomic mass is 16.3. The number of furan rings is 4. The predicted octanol–water partition coefficient (Wildman–Crippen LogP) is 26.4. The fourth-order valence-electron chi connectivity index (χ4n) is 17.7. The van der Waals surface area contributed by atoms with E-state index in [2.05, 4.69) is 229 Å². The standard InChI is InChI=1S/C29H28NO.C27H26NO.C25H22NO.C24H20NO/c1-19-12-15-24-28-23-11-7-6-10-21(23)14-17-26(28)31-29(24)27(19)25-16-13-22(18-30(25)2)20-8-4-3-5-9-20;1-17-10-13-21-25-20-9-7-6-8-18(20)11-15-23(25)29-26(21)24(17)22-14-12-19(16-28(22)5)27(2,3)4;1-15-9-11-20-24-19-8-6-5-7-18(19)10-12-22(24)27-25(20)23(15)21-13-16(2)17(3)14-26(21)4;1-15-14-16(2)22-23-18-9-5-4-8-17(18)11-12-20(23)26-24(22)21(15)19-10-6-7-13-25(19)3/h6-7,10-18,20H,3-5,8-9H2,1-2H3;6-16H,1-5H3;5-14H,1-4H3;4-14H,1-3H3/q4*+1/i20D;;3D3;2D3. The first-order valence-electron chi connectivity index (χ1n) is 42.9. The molecule has 21 rings (SSSR count). The number of pyridine rings is 4. The zero-order valence-corrected chi connectivity index (χ0v) is 66.3. The van der Waals surface area contributed by atoms with Gasteiger partial charge in [-0.2, -0.15) is 0 Å². The normalized spacial score (nSPS) is 14.2. The first kappa shape index (κ1) is 64.2. The van der Waals surface area contributed by atoms with E-state index in [1.54, 1.807) is 12.3 Å². The molecule has 113 heavy (non-hydrogen) atoms. The largest absolute Gasteiger partial charge is 0.455 e. The number of benzene rings is 12. The van der Waals surface area contributed by atoms with Gasteiger partial charge in [-0.05, 0) is 191 Å². The Kier molecular flexibility index (Phi) is 16.3. The molecule has 1 saturated carbocycles. The second kappa shape index (κ2) is 28.7. The molecule has 20 aromatic rings. The minimum atomic E-state index is -2.24. The molecular weight excluding hydrogens is 1380 g/mol. The molecule has 1 aliphatic carbocycles. The molecule has 0 amide bonds. The molecule has 556 valence electrons. The van der Waals surface area contributed by atoms with Crippen molar-refractivity contribution in [1.29, 1.82) is 0 Å². The third kappa shape index (κ3) is 12.6. The SMILES string of the molecule is Cc1ccc2c(oc3ccc4ccccc4c32)c1-c1ccc(C(C)(C)C)c[n+]1C.[2H]C([2H])([2H])c1c[n+](C)c(-c2c(C)ccc3c2oc2ccc4ccccc4c23)cc1C.[2H]C([2H])([2H])c1cc(C)c(-c2cccc[n+]2C)c2oc3ccc4ccccc4c3c12.[2H]C1(c2ccc(-c3c(C)ccc4c3oc3ccc5ccccc5c34)[n+](C)c2)CCCCC1. The van der Waals surface area contributed by atoms with Crippen LogP contribution >= 0.6 is 0 Å². The van der Waals surface area contributed by atoms with Crippen LogP contribution in [0.4, 0.5) is 0 Å². The summed E-state index contributed by atoms with van der Waals surface area (Å²) >= 11 is 0. The van der Waals surface area contributed by atoms with Crippen molar-refractivity contribution in [2.75, 3.05) is 0 Å². The molecule has 8 heteroatoms. The van der Waals surface area contributed by atoms with E-state index in [0.29, 0.717) is 27.7 Å². The van der Waals surface area contributed by atoms with E-state index in [9.17, 15) is 0 Å². The molecule has 8 aromatic heterocycles. The van der Waals surface area contributed by atoms with Crippen molar-refractivity contribution < 1.29 is 45.5 Å². The highest BCUT2D eigenvalue weighted by Gasteiger charge is 2.29. The van der Waals surface area contributed by atoms with E-state index < -0.39 is 19.6 Å². The lowest BCUT2D eigenvalue weighted by Gasteiger charge is -2.21. The summed E-state index contributed by atoms with van der Waals surface area (Å²) in [6.45, 7) is 12.5. The van der Waals surface area contributed by atoms with Crippen molar-refractivity contribution in [1.82, 2.24) is 0 Å². The molecule has 0 spiro atoms. The van der Waals surface area contributed by atoms with Crippen molar-refractivity contribution in [2.24, 2.45) is 28.2 Å². The van der Waals surface area contributed by atoms with Gasteiger partial charge in [-0.25, -0.2) is 18.3 Å². The van der Waals surface area contributed by atoms with E-state index in [1.807, 2.05) is 122 Å². The van der Waals surface area contributed by atoms with Gasteiger partial charge < -0.3 is 17.7 Å². The number of hydrogen-bond donors (Lipinski definition) is 0. The van der Waals surface area contributed by atoms with Gasteiger partial charge in [0.05, 0.1) is 22.3 Å². The van der Waals surface area contributed by atoms with Gasteiger partial charge in [0, 0.05) is 99.7 Å². The second-order valence-electron chi connectivity index (χ2n) is 32.1. The monoisotopic (exact) mass is 1480 g/mol. The lowest BCUT2D eigenvalue weighted by molar-refractivity contribution is -0.661. The van der Waals surface area contributed by atoms with Crippen molar-refractivity contribution in [3.05, 3.63) is 311 Å². The molecule has 0 radical (unpaired) electrons. The van der Waals surface area contributed by atoms with E-state index in [-0.39, 0.29) is 5.41 Å². The summed E-state index contributed by atoms with van der Waals surface area (Å²) in [7, 11) is 8.10. The van der Waals surface area contributed by atoms with Crippen LogP contribution < -0.4 is 18.3 Å². The number of nitrogens with zero attached hydrogens (tertiary/aromatic N) is 4. The smallest absolute Gasteiger partial charge is 0.216 e.